The van der Waals surface area contributed by atoms with Crippen molar-refractivity contribution in [3.05, 3.63) is 158 Å². The molecule has 1 atom stereocenters. The fraction of sp³-hybridized carbons (Fsp3) is 0.561. The van der Waals surface area contributed by atoms with Gasteiger partial charge in [-0.2, -0.15) is 0 Å². The summed E-state index contributed by atoms with van der Waals surface area (Å²) in [6.07, 6.45) is 85.1. The van der Waals surface area contributed by atoms with E-state index in [1.54, 1.807) is 0 Å². The fourth-order valence-electron chi connectivity index (χ4n) is 7.40. The predicted octanol–water partition coefficient (Wildman–Crippen LogP) is 19.4. The molecule has 1 unspecified atom stereocenters. The molecule has 0 bridgehead atoms. The van der Waals surface area contributed by atoms with E-state index < -0.39 is 6.10 Å². The molecule has 0 fully saturated rings. The molecular formula is C66H102O6. The molecule has 6 heteroatoms. The maximum Gasteiger partial charge on any atom is 0.306 e. The van der Waals surface area contributed by atoms with E-state index in [-0.39, 0.29) is 31.1 Å². The van der Waals surface area contributed by atoms with Crippen molar-refractivity contribution in [1.82, 2.24) is 0 Å². The first-order valence-corrected chi connectivity index (χ1v) is 28.7. The SMILES string of the molecule is CC\C=C/C=C\C=C/C=C\C=C\C=C/C=C\CCCCCC(=O)OCC(COC(=O)CCCCC\C=C/C=C/C=C\C=C/C=C\C=C/CC)OC(=O)CCCCCCCCCCCCCCCCCCCC. The molecule has 0 aliphatic rings. The van der Waals surface area contributed by atoms with Crippen LogP contribution in [0.1, 0.15) is 220 Å². The standard InChI is InChI=1S/C66H102O6/c1-4-7-10-13-16-19-22-25-28-31-33-36-38-41-44-47-50-53-56-59-65(68)71-62-63(61-70-64(67)58-55-52-49-46-43-40-37-34-30-27-24-21-18-15-12-9-6-3)72-66(69)60-57-54-51-48-45-42-39-35-32-29-26-23-20-17-14-11-8-5-2/h7,9-10,12-13,15-16,18-19,21-22,24-25,27-28,30-31,33-34,36-38,40-41,43-44,63H,4-6,8,11,14,17,20,23,26,29,32,35,39,42,45-62H2,1-3H3/b10-7-,12-9-,16-13-,18-15-,22-19-,24-21-,28-25-,30-27-,33-31+,37-34+,38-36-,43-40-,44-41-. The Bertz CT molecular complexity index is 1660. The molecule has 0 aliphatic carbocycles. The Kier molecular flexibility index (Phi) is 54.6. The number of carbonyl (C=O) groups excluding carboxylic acids is 3. The highest BCUT2D eigenvalue weighted by molar-refractivity contribution is 5.71. The van der Waals surface area contributed by atoms with Gasteiger partial charge in [-0.15, -0.1) is 0 Å². The van der Waals surface area contributed by atoms with Crippen LogP contribution in [0.5, 0.6) is 0 Å². The molecule has 0 heterocycles. The highest BCUT2D eigenvalue weighted by Crippen LogP contribution is 2.16. The first-order valence-electron chi connectivity index (χ1n) is 28.7. The van der Waals surface area contributed by atoms with Crippen molar-refractivity contribution >= 4 is 17.9 Å². The number of allylic oxidation sites excluding steroid dienone is 26. The quantitative estimate of drug-likeness (QED) is 0.0262. The van der Waals surface area contributed by atoms with Gasteiger partial charge in [-0.1, -0.05) is 301 Å². The summed E-state index contributed by atoms with van der Waals surface area (Å²) in [5, 5.41) is 0. The molecular weight excluding hydrogens is 889 g/mol. The van der Waals surface area contributed by atoms with Crippen LogP contribution in [0.15, 0.2) is 158 Å². The molecule has 0 aromatic carbocycles. The summed E-state index contributed by atoms with van der Waals surface area (Å²) in [5.41, 5.74) is 0. The second-order valence-corrected chi connectivity index (χ2v) is 18.4. The Balaban J connectivity index is 4.59. The summed E-state index contributed by atoms with van der Waals surface area (Å²) in [4.78, 5) is 38.2. The Labute approximate surface area is 441 Å². The minimum absolute atomic E-state index is 0.122. The van der Waals surface area contributed by atoms with Gasteiger partial charge in [0.15, 0.2) is 6.10 Å². The number of hydrogen-bond acceptors (Lipinski definition) is 6. The van der Waals surface area contributed by atoms with Crippen LogP contribution in [0.4, 0.5) is 0 Å². The monoisotopic (exact) mass is 991 g/mol. The Morgan fingerprint density at radius 3 is 0.847 bits per heavy atom. The summed E-state index contributed by atoms with van der Waals surface area (Å²) in [5.74, 6) is -1.01. The van der Waals surface area contributed by atoms with Crippen molar-refractivity contribution in [3.63, 3.8) is 0 Å². The van der Waals surface area contributed by atoms with Gasteiger partial charge in [0.05, 0.1) is 0 Å². The van der Waals surface area contributed by atoms with Crippen molar-refractivity contribution in [2.75, 3.05) is 13.2 Å². The number of unbranched alkanes of at least 4 members (excludes halogenated alkanes) is 23. The van der Waals surface area contributed by atoms with Gasteiger partial charge < -0.3 is 14.2 Å². The van der Waals surface area contributed by atoms with Gasteiger partial charge in [-0.25, -0.2) is 0 Å². The van der Waals surface area contributed by atoms with Gasteiger partial charge in [0.25, 0.3) is 0 Å². The van der Waals surface area contributed by atoms with E-state index in [0.29, 0.717) is 25.7 Å². The van der Waals surface area contributed by atoms with Crippen molar-refractivity contribution in [3.8, 4) is 0 Å². The molecule has 0 aromatic rings. The van der Waals surface area contributed by atoms with E-state index >= 15 is 0 Å². The average molecular weight is 992 g/mol. The molecule has 0 spiro atoms. The third-order valence-corrected chi connectivity index (χ3v) is 11.6. The fourth-order valence-corrected chi connectivity index (χ4v) is 7.40. The number of hydrogen-bond donors (Lipinski definition) is 0. The summed E-state index contributed by atoms with van der Waals surface area (Å²) in [7, 11) is 0. The third kappa shape index (κ3) is 56.0. The zero-order valence-corrected chi connectivity index (χ0v) is 45.9. The topological polar surface area (TPSA) is 78.9 Å². The Morgan fingerprint density at radius 2 is 0.542 bits per heavy atom. The van der Waals surface area contributed by atoms with Crippen LogP contribution in [0.3, 0.4) is 0 Å². The van der Waals surface area contributed by atoms with Gasteiger partial charge in [0.1, 0.15) is 13.2 Å². The number of ether oxygens (including phenoxy) is 3. The Morgan fingerprint density at radius 1 is 0.292 bits per heavy atom. The van der Waals surface area contributed by atoms with Crippen LogP contribution >= 0.6 is 0 Å². The normalized spacial score (nSPS) is 13.3. The highest BCUT2D eigenvalue weighted by atomic mass is 16.6. The second kappa shape index (κ2) is 58.6. The summed E-state index contributed by atoms with van der Waals surface area (Å²) in [6, 6.07) is 0. The van der Waals surface area contributed by atoms with Gasteiger partial charge in [0.2, 0.25) is 0 Å². The molecule has 0 rings (SSSR count). The molecule has 0 aliphatic heterocycles. The van der Waals surface area contributed by atoms with E-state index in [9.17, 15) is 14.4 Å². The first kappa shape index (κ1) is 67.0. The van der Waals surface area contributed by atoms with Crippen molar-refractivity contribution in [1.29, 1.82) is 0 Å². The van der Waals surface area contributed by atoms with E-state index in [4.69, 9.17) is 14.2 Å². The predicted molar refractivity (Wildman–Crippen MR) is 311 cm³/mol. The van der Waals surface area contributed by atoms with Crippen LogP contribution in [-0.2, 0) is 28.6 Å². The molecule has 0 radical (unpaired) electrons. The molecule has 6 nitrogen and oxygen atoms in total. The van der Waals surface area contributed by atoms with Crippen LogP contribution in [-0.4, -0.2) is 37.2 Å². The smallest absolute Gasteiger partial charge is 0.306 e. The maximum atomic E-state index is 12.9. The highest BCUT2D eigenvalue weighted by Gasteiger charge is 2.19. The molecule has 72 heavy (non-hydrogen) atoms. The largest absolute Gasteiger partial charge is 0.462 e. The minimum Gasteiger partial charge on any atom is -0.462 e. The number of esters is 3. The van der Waals surface area contributed by atoms with E-state index in [1.165, 1.54) is 96.3 Å². The lowest BCUT2D eigenvalue weighted by Gasteiger charge is -2.18. The van der Waals surface area contributed by atoms with Crippen LogP contribution < -0.4 is 0 Å². The summed E-state index contributed by atoms with van der Waals surface area (Å²) >= 11 is 0. The molecule has 0 aromatic heterocycles. The van der Waals surface area contributed by atoms with Crippen LogP contribution in [0.25, 0.3) is 0 Å². The zero-order chi connectivity index (χ0) is 52.2. The molecule has 0 N–H and O–H groups in total. The van der Waals surface area contributed by atoms with Gasteiger partial charge in [-0.3, -0.25) is 14.4 Å². The van der Waals surface area contributed by atoms with Crippen molar-refractivity contribution in [2.24, 2.45) is 0 Å². The molecule has 0 saturated carbocycles. The lowest BCUT2D eigenvalue weighted by atomic mass is 10.0. The third-order valence-electron chi connectivity index (χ3n) is 11.6. The molecule has 402 valence electrons. The lowest BCUT2D eigenvalue weighted by molar-refractivity contribution is -0.167. The molecule has 0 saturated heterocycles. The van der Waals surface area contributed by atoms with E-state index in [2.05, 4.69) is 45.1 Å². The van der Waals surface area contributed by atoms with Crippen LogP contribution in [0, 0.1) is 0 Å². The Hall–Kier alpha value is -4.97. The summed E-state index contributed by atoms with van der Waals surface area (Å²) < 4.78 is 16.8. The van der Waals surface area contributed by atoms with Crippen molar-refractivity contribution < 1.29 is 28.6 Å². The maximum absolute atomic E-state index is 12.9. The van der Waals surface area contributed by atoms with Gasteiger partial charge >= 0.3 is 17.9 Å². The lowest BCUT2D eigenvalue weighted by Crippen LogP contribution is -2.30. The van der Waals surface area contributed by atoms with E-state index in [1.807, 2.05) is 134 Å². The van der Waals surface area contributed by atoms with Gasteiger partial charge in [-0.05, 0) is 57.8 Å². The summed E-state index contributed by atoms with van der Waals surface area (Å²) in [6.45, 7) is 6.27. The number of carbonyl (C=O) groups is 3. The molecule has 0 amide bonds. The van der Waals surface area contributed by atoms with Gasteiger partial charge in [0, 0.05) is 19.3 Å². The zero-order valence-electron chi connectivity index (χ0n) is 45.9. The number of rotatable bonds is 49. The first-order chi connectivity index (χ1) is 35.5. The van der Waals surface area contributed by atoms with E-state index in [0.717, 1.165) is 77.0 Å². The minimum atomic E-state index is -0.823. The average Bonchev–Trinajstić information content (AvgIpc) is 3.38. The van der Waals surface area contributed by atoms with Crippen molar-refractivity contribution in [2.45, 2.75) is 226 Å². The second-order valence-electron chi connectivity index (χ2n) is 18.4. The van der Waals surface area contributed by atoms with Crippen LogP contribution in [0.2, 0.25) is 0 Å².